The Labute approximate surface area is 104 Å². The summed E-state index contributed by atoms with van der Waals surface area (Å²) in [5.74, 6) is 1.27. The maximum atomic E-state index is 12.2. The highest BCUT2D eigenvalue weighted by Crippen LogP contribution is 2.31. The fourth-order valence-electron chi connectivity index (χ4n) is 2.23. The molecule has 16 heavy (non-hydrogen) atoms. The van der Waals surface area contributed by atoms with E-state index in [9.17, 15) is 4.79 Å². The van der Waals surface area contributed by atoms with Crippen LogP contribution in [-0.4, -0.2) is 12.9 Å². The Balaban J connectivity index is 2.22. The fraction of sp³-hybridized carbons (Fsp3) is 0.462. The summed E-state index contributed by atoms with van der Waals surface area (Å²) in [6.45, 7) is 0. The molecule has 3 heteroatoms. The number of rotatable bonds is 3. The molecule has 1 aliphatic carbocycles. The SMILES string of the molecule is COc1ccc(C(=O)C2CCCC2)c(Br)c1. The predicted molar refractivity (Wildman–Crippen MR) is 67.0 cm³/mol. The smallest absolute Gasteiger partial charge is 0.167 e. The van der Waals surface area contributed by atoms with Crippen molar-refractivity contribution in [2.75, 3.05) is 7.11 Å². The maximum Gasteiger partial charge on any atom is 0.167 e. The van der Waals surface area contributed by atoms with Crippen LogP contribution in [0.15, 0.2) is 22.7 Å². The molecule has 0 bridgehead atoms. The minimum atomic E-state index is 0.227. The summed E-state index contributed by atoms with van der Waals surface area (Å²) >= 11 is 3.43. The van der Waals surface area contributed by atoms with Crippen molar-refractivity contribution in [1.82, 2.24) is 0 Å². The van der Waals surface area contributed by atoms with Crippen molar-refractivity contribution in [3.8, 4) is 5.75 Å². The molecular formula is C13H15BrO2. The summed E-state index contributed by atoms with van der Waals surface area (Å²) in [5, 5.41) is 0. The monoisotopic (exact) mass is 282 g/mol. The van der Waals surface area contributed by atoms with Gasteiger partial charge in [0.25, 0.3) is 0 Å². The Morgan fingerprint density at radius 3 is 2.62 bits per heavy atom. The van der Waals surface area contributed by atoms with Crippen LogP contribution in [0.4, 0.5) is 0 Å². The molecule has 0 unspecified atom stereocenters. The first-order valence-electron chi connectivity index (χ1n) is 5.60. The lowest BCUT2D eigenvalue weighted by Gasteiger charge is -2.10. The topological polar surface area (TPSA) is 26.3 Å². The van der Waals surface area contributed by atoms with E-state index in [2.05, 4.69) is 15.9 Å². The van der Waals surface area contributed by atoms with E-state index in [0.29, 0.717) is 0 Å². The fourth-order valence-corrected chi connectivity index (χ4v) is 2.78. The normalized spacial score (nSPS) is 16.4. The van der Waals surface area contributed by atoms with Crippen LogP contribution in [0.5, 0.6) is 5.75 Å². The lowest BCUT2D eigenvalue weighted by Crippen LogP contribution is -2.11. The minimum absolute atomic E-state index is 0.227. The molecule has 2 nitrogen and oxygen atoms in total. The molecule has 1 aromatic rings. The number of carbonyl (C=O) groups is 1. The molecule has 86 valence electrons. The van der Waals surface area contributed by atoms with Crippen LogP contribution < -0.4 is 4.74 Å². The second-order valence-electron chi connectivity index (χ2n) is 4.19. The van der Waals surface area contributed by atoms with Crippen LogP contribution in [0.25, 0.3) is 0 Å². The van der Waals surface area contributed by atoms with Crippen molar-refractivity contribution >= 4 is 21.7 Å². The largest absolute Gasteiger partial charge is 0.497 e. The Hall–Kier alpha value is -0.830. The van der Waals surface area contributed by atoms with Crippen LogP contribution in [0.3, 0.4) is 0 Å². The van der Waals surface area contributed by atoms with Gasteiger partial charge in [-0.05, 0) is 47.0 Å². The zero-order valence-corrected chi connectivity index (χ0v) is 10.9. The predicted octanol–water partition coefficient (Wildman–Crippen LogP) is 3.83. The number of hydrogen-bond donors (Lipinski definition) is 0. The summed E-state index contributed by atoms with van der Waals surface area (Å²) in [6.07, 6.45) is 4.45. The summed E-state index contributed by atoms with van der Waals surface area (Å²) in [7, 11) is 1.63. The van der Waals surface area contributed by atoms with Gasteiger partial charge in [-0.3, -0.25) is 4.79 Å². The molecule has 0 radical (unpaired) electrons. The van der Waals surface area contributed by atoms with Crippen molar-refractivity contribution in [3.63, 3.8) is 0 Å². The van der Waals surface area contributed by atoms with Gasteiger partial charge in [-0.15, -0.1) is 0 Å². The molecule has 0 aromatic heterocycles. The molecular weight excluding hydrogens is 268 g/mol. The summed E-state index contributed by atoms with van der Waals surface area (Å²) < 4.78 is 5.95. The third-order valence-corrected chi connectivity index (χ3v) is 3.82. The van der Waals surface area contributed by atoms with Crippen LogP contribution in [-0.2, 0) is 0 Å². The minimum Gasteiger partial charge on any atom is -0.497 e. The van der Waals surface area contributed by atoms with E-state index in [0.717, 1.165) is 28.6 Å². The maximum absolute atomic E-state index is 12.2. The zero-order valence-electron chi connectivity index (χ0n) is 9.33. The van der Waals surface area contributed by atoms with Crippen LogP contribution in [0.1, 0.15) is 36.0 Å². The molecule has 1 aliphatic rings. The van der Waals surface area contributed by atoms with Gasteiger partial charge >= 0.3 is 0 Å². The van der Waals surface area contributed by atoms with E-state index in [4.69, 9.17) is 4.74 Å². The van der Waals surface area contributed by atoms with Crippen molar-refractivity contribution in [1.29, 1.82) is 0 Å². The number of methoxy groups -OCH3 is 1. The third kappa shape index (κ3) is 2.29. The van der Waals surface area contributed by atoms with Crippen molar-refractivity contribution in [2.24, 2.45) is 5.92 Å². The van der Waals surface area contributed by atoms with Gasteiger partial charge in [0.05, 0.1) is 7.11 Å². The number of ketones is 1. The second kappa shape index (κ2) is 5.00. The van der Waals surface area contributed by atoms with Gasteiger partial charge in [0.2, 0.25) is 0 Å². The average Bonchev–Trinajstić information content (AvgIpc) is 2.81. The number of carbonyl (C=O) groups excluding carboxylic acids is 1. The Kier molecular flexibility index (Phi) is 3.64. The standard InChI is InChI=1S/C13H15BrO2/c1-16-10-6-7-11(12(14)8-10)13(15)9-4-2-3-5-9/h6-9H,2-5H2,1H3. The molecule has 0 heterocycles. The highest BCUT2D eigenvalue weighted by Gasteiger charge is 2.25. The van der Waals surface area contributed by atoms with E-state index in [1.807, 2.05) is 18.2 Å². The number of benzene rings is 1. The Morgan fingerprint density at radius 2 is 2.06 bits per heavy atom. The molecule has 0 N–H and O–H groups in total. The molecule has 0 saturated heterocycles. The first-order chi connectivity index (χ1) is 7.72. The molecule has 0 spiro atoms. The number of ether oxygens (including phenoxy) is 1. The first-order valence-corrected chi connectivity index (χ1v) is 6.39. The zero-order chi connectivity index (χ0) is 11.5. The second-order valence-corrected chi connectivity index (χ2v) is 5.05. The summed E-state index contributed by atoms with van der Waals surface area (Å²) in [5.41, 5.74) is 0.785. The molecule has 0 aliphatic heterocycles. The molecule has 1 aromatic carbocycles. The van der Waals surface area contributed by atoms with Crippen molar-refractivity contribution < 1.29 is 9.53 Å². The Morgan fingerprint density at radius 1 is 1.38 bits per heavy atom. The van der Waals surface area contributed by atoms with Gasteiger partial charge in [-0.25, -0.2) is 0 Å². The summed E-state index contributed by atoms with van der Waals surface area (Å²) in [4.78, 5) is 12.2. The molecule has 2 rings (SSSR count). The molecule has 1 saturated carbocycles. The number of Topliss-reactive ketones (excluding diaryl/α,β-unsaturated/α-hetero) is 1. The quantitative estimate of drug-likeness (QED) is 0.788. The van der Waals surface area contributed by atoms with E-state index < -0.39 is 0 Å². The van der Waals surface area contributed by atoms with Gasteiger partial charge < -0.3 is 4.74 Å². The van der Waals surface area contributed by atoms with Gasteiger partial charge in [0, 0.05) is 16.0 Å². The Bertz CT molecular complexity index is 395. The van der Waals surface area contributed by atoms with Crippen molar-refractivity contribution in [2.45, 2.75) is 25.7 Å². The number of halogens is 1. The van der Waals surface area contributed by atoms with Gasteiger partial charge in [0.1, 0.15) is 5.75 Å². The average molecular weight is 283 g/mol. The molecule has 0 amide bonds. The van der Waals surface area contributed by atoms with Crippen LogP contribution >= 0.6 is 15.9 Å². The van der Waals surface area contributed by atoms with Gasteiger partial charge in [-0.1, -0.05) is 12.8 Å². The molecule has 1 fully saturated rings. The summed E-state index contributed by atoms with van der Waals surface area (Å²) in [6, 6.07) is 5.54. The van der Waals surface area contributed by atoms with E-state index in [1.165, 1.54) is 12.8 Å². The van der Waals surface area contributed by atoms with Crippen LogP contribution in [0, 0.1) is 5.92 Å². The van der Waals surface area contributed by atoms with E-state index in [1.54, 1.807) is 7.11 Å². The van der Waals surface area contributed by atoms with E-state index in [-0.39, 0.29) is 11.7 Å². The lowest BCUT2D eigenvalue weighted by molar-refractivity contribution is 0.0922. The van der Waals surface area contributed by atoms with E-state index >= 15 is 0 Å². The number of hydrogen-bond acceptors (Lipinski definition) is 2. The lowest BCUT2D eigenvalue weighted by atomic mass is 9.96. The third-order valence-electron chi connectivity index (χ3n) is 3.17. The van der Waals surface area contributed by atoms with Crippen molar-refractivity contribution in [3.05, 3.63) is 28.2 Å². The molecule has 0 atom stereocenters. The highest BCUT2D eigenvalue weighted by atomic mass is 79.9. The van der Waals surface area contributed by atoms with Crippen LogP contribution in [0.2, 0.25) is 0 Å². The van der Waals surface area contributed by atoms with Gasteiger partial charge in [-0.2, -0.15) is 0 Å². The highest BCUT2D eigenvalue weighted by molar-refractivity contribution is 9.10. The first kappa shape index (κ1) is 11.6. The van der Waals surface area contributed by atoms with Gasteiger partial charge in [0.15, 0.2) is 5.78 Å².